The Balaban J connectivity index is 1.47. The summed E-state index contributed by atoms with van der Waals surface area (Å²) in [7, 11) is 0. The molecule has 0 radical (unpaired) electrons. The number of benzene rings is 2. The number of imide groups is 1. The van der Waals surface area contributed by atoms with Gasteiger partial charge in [-0.15, -0.1) is 0 Å². The zero-order valence-electron chi connectivity index (χ0n) is 16.4. The van der Waals surface area contributed by atoms with Crippen LogP contribution in [0.15, 0.2) is 70.0 Å². The molecule has 3 amide bonds. The maximum Gasteiger partial charge on any atom is 0.294 e. The second kappa shape index (κ2) is 9.14. The minimum absolute atomic E-state index is 0.139. The van der Waals surface area contributed by atoms with Gasteiger partial charge >= 0.3 is 0 Å². The van der Waals surface area contributed by atoms with Gasteiger partial charge in [0.05, 0.1) is 16.5 Å². The average Bonchev–Trinajstić information content (AvgIpc) is 3.34. The van der Waals surface area contributed by atoms with Crippen LogP contribution >= 0.6 is 23.4 Å². The van der Waals surface area contributed by atoms with Crippen LogP contribution < -0.4 is 5.32 Å². The second-order valence-electron chi connectivity index (χ2n) is 6.69. The number of hydrogen-bond donors (Lipinski definition) is 1. The van der Waals surface area contributed by atoms with Gasteiger partial charge in [-0.05, 0) is 54.2 Å². The summed E-state index contributed by atoms with van der Waals surface area (Å²) in [4.78, 5) is 38.3. The molecule has 32 heavy (non-hydrogen) atoms. The third kappa shape index (κ3) is 4.59. The summed E-state index contributed by atoms with van der Waals surface area (Å²) in [6.45, 7) is -0.423. The van der Waals surface area contributed by atoms with Crippen molar-refractivity contribution < 1.29 is 18.8 Å². The van der Waals surface area contributed by atoms with Crippen molar-refractivity contribution in [2.24, 2.45) is 0 Å². The number of anilines is 1. The molecule has 1 N–H and O–H groups in total. The third-order valence-electron chi connectivity index (χ3n) is 4.50. The summed E-state index contributed by atoms with van der Waals surface area (Å²) in [6, 6.07) is 19.0. The first-order chi connectivity index (χ1) is 15.4. The summed E-state index contributed by atoms with van der Waals surface area (Å²) in [6.07, 6.45) is 1.44. The highest BCUT2D eigenvalue weighted by molar-refractivity contribution is 8.18. The van der Waals surface area contributed by atoms with E-state index >= 15 is 0 Å². The van der Waals surface area contributed by atoms with E-state index in [9.17, 15) is 19.6 Å². The van der Waals surface area contributed by atoms with Crippen LogP contribution in [0.5, 0.6) is 0 Å². The van der Waals surface area contributed by atoms with Crippen molar-refractivity contribution in [1.29, 1.82) is 5.26 Å². The molecule has 0 bridgehead atoms. The van der Waals surface area contributed by atoms with Crippen LogP contribution in [0.2, 0.25) is 5.02 Å². The molecule has 0 aliphatic carbocycles. The first-order valence-corrected chi connectivity index (χ1v) is 10.5. The number of amides is 3. The number of hydrogen-bond acceptors (Lipinski definition) is 6. The van der Waals surface area contributed by atoms with E-state index in [1.165, 1.54) is 6.08 Å². The molecule has 4 rings (SSSR count). The largest absolute Gasteiger partial charge is 0.457 e. The lowest BCUT2D eigenvalue weighted by Gasteiger charge is -2.12. The summed E-state index contributed by atoms with van der Waals surface area (Å²) in [5.41, 5.74) is 1.55. The number of nitrogens with one attached hydrogen (secondary N) is 1. The molecule has 1 aliphatic heterocycles. The van der Waals surface area contributed by atoms with Gasteiger partial charge in [0.15, 0.2) is 0 Å². The molecule has 2 aromatic carbocycles. The van der Waals surface area contributed by atoms with Crippen molar-refractivity contribution in [3.05, 3.63) is 81.9 Å². The predicted molar refractivity (Wildman–Crippen MR) is 122 cm³/mol. The van der Waals surface area contributed by atoms with Crippen molar-refractivity contribution in [2.75, 3.05) is 11.9 Å². The standard InChI is InChI=1S/C23H14ClN3O4S/c24-15-5-3-6-16(10-15)26-21(28)13-27-22(29)20(32-23(27)30)11-17-8-9-19(31-17)18-7-2-1-4-14(18)12-25/h1-11H,13H2,(H,26,28)/b20-11+. The first-order valence-electron chi connectivity index (χ1n) is 9.35. The lowest BCUT2D eigenvalue weighted by molar-refractivity contribution is -0.127. The normalized spacial score (nSPS) is 14.6. The van der Waals surface area contributed by atoms with Gasteiger partial charge in [0, 0.05) is 22.3 Å². The molecular weight excluding hydrogens is 450 g/mol. The van der Waals surface area contributed by atoms with E-state index in [1.54, 1.807) is 60.7 Å². The molecule has 9 heteroatoms. The fraction of sp³-hybridized carbons (Fsp3) is 0.0435. The summed E-state index contributed by atoms with van der Waals surface area (Å²) in [5, 5.41) is 11.8. The van der Waals surface area contributed by atoms with Crippen LogP contribution in [0, 0.1) is 11.3 Å². The van der Waals surface area contributed by atoms with Crippen molar-refractivity contribution in [1.82, 2.24) is 4.90 Å². The zero-order chi connectivity index (χ0) is 22.7. The maximum atomic E-state index is 12.7. The number of furan rings is 1. The minimum Gasteiger partial charge on any atom is -0.457 e. The SMILES string of the molecule is N#Cc1ccccc1-c1ccc(/C=C2/SC(=O)N(CC(=O)Nc3cccc(Cl)c3)C2=O)o1. The van der Waals surface area contributed by atoms with Crippen LogP contribution in [0.1, 0.15) is 11.3 Å². The van der Waals surface area contributed by atoms with Gasteiger partial charge in [0.25, 0.3) is 11.1 Å². The monoisotopic (exact) mass is 463 g/mol. The highest BCUT2D eigenvalue weighted by Crippen LogP contribution is 2.33. The number of carbonyl (C=O) groups excluding carboxylic acids is 3. The Morgan fingerprint density at radius 1 is 1.16 bits per heavy atom. The van der Waals surface area contributed by atoms with E-state index < -0.39 is 23.6 Å². The molecule has 2 heterocycles. The van der Waals surface area contributed by atoms with Gasteiger partial charge in [-0.25, -0.2) is 0 Å². The lowest BCUT2D eigenvalue weighted by atomic mass is 10.1. The van der Waals surface area contributed by atoms with Crippen LogP contribution in [-0.4, -0.2) is 28.5 Å². The Kier molecular flexibility index (Phi) is 6.12. The fourth-order valence-corrected chi connectivity index (χ4v) is 4.06. The molecule has 1 saturated heterocycles. The summed E-state index contributed by atoms with van der Waals surface area (Å²) in [5.74, 6) is -0.295. The van der Waals surface area contributed by atoms with Crippen LogP contribution in [0.4, 0.5) is 10.5 Å². The second-order valence-corrected chi connectivity index (χ2v) is 8.12. The minimum atomic E-state index is -0.586. The Hall–Kier alpha value is -3.80. The average molecular weight is 464 g/mol. The van der Waals surface area contributed by atoms with Crippen molar-refractivity contribution >= 4 is 52.2 Å². The number of thioether (sulfide) groups is 1. The fourth-order valence-electron chi connectivity index (χ4n) is 3.05. The quantitative estimate of drug-likeness (QED) is 0.525. The Morgan fingerprint density at radius 3 is 2.75 bits per heavy atom. The molecule has 0 unspecified atom stereocenters. The molecule has 1 aromatic heterocycles. The summed E-state index contributed by atoms with van der Waals surface area (Å²) < 4.78 is 5.75. The van der Waals surface area contributed by atoms with Gasteiger partial charge in [-0.1, -0.05) is 29.8 Å². The molecule has 0 saturated carbocycles. The lowest BCUT2D eigenvalue weighted by Crippen LogP contribution is -2.36. The van der Waals surface area contributed by atoms with Crippen LogP contribution in [0.25, 0.3) is 17.4 Å². The van der Waals surface area contributed by atoms with E-state index in [2.05, 4.69) is 11.4 Å². The van der Waals surface area contributed by atoms with Gasteiger partial charge in [-0.2, -0.15) is 5.26 Å². The van der Waals surface area contributed by atoms with Crippen molar-refractivity contribution in [3.8, 4) is 17.4 Å². The highest BCUT2D eigenvalue weighted by Gasteiger charge is 2.36. The Bertz CT molecular complexity index is 1310. The van der Waals surface area contributed by atoms with Crippen LogP contribution in [-0.2, 0) is 9.59 Å². The third-order valence-corrected chi connectivity index (χ3v) is 5.64. The van der Waals surface area contributed by atoms with E-state index in [0.29, 0.717) is 33.4 Å². The maximum absolute atomic E-state index is 12.7. The topological polar surface area (TPSA) is 103 Å². The van der Waals surface area contributed by atoms with E-state index in [4.69, 9.17) is 16.0 Å². The molecule has 158 valence electrons. The van der Waals surface area contributed by atoms with Gasteiger partial charge in [0.2, 0.25) is 5.91 Å². The first kappa shape index (κ1) is 21.4. The van der Waals surface area contributed by atoms with E-state index in [-0.39, 0.29) is 4.91 Å². The van der Waals surface area contributed by atoms with Crippen LogP contribution in [0.3, 0.4) is 0 Å². The number of rotatable bonds is 5. The molecular formula is C23H14ClN3O4S. The molecule has 0 atom stereocenters. The molecule has 7 nitrogen and oxygen atoms in total. The van der Waals surface area contributed by atoms with Gasteiger partial charge in [0.1, 0.15) is 18.1 Å². The molecule has 1 fully saturated rings. The smallest absolute Gasteiger partial charge is 0.294 e. The van der Waals surface area contributed by atoms with Gasteiger partial charge in [-0.3, -0.25) is 19.3 Å². The number of nitrogens with zero attached hydrogens (tertiary/aromatic N) is 2. The molecule has 3 aromatic rings. The Labute approximate surface area is 192 Å². The Morgan fingerprint density at radius 2 is 1.97 bits per heavy atom. The predicted octanol–water partition coefficient (Wildman–Crippen LogP) is 5.15. The number of nitriles is 1. The zero-order valence-corrected chi connectivity index (χ0v) is 17.9. The van der Waals surface area contributed by atoms with Crippen molar-refractivity contribution in [3.63, 3.8) is 0 Å². The van der Waals surface area contributed by atoms with E-state index in [0.717, 1.165) is 16.7 Å². The van der Waals surface area contributed by atoms with Gasteiger partial charge < -0.3 is 9.73 Å². The van der Waals surface area contributed by atoms with E-state index in [1.807, 2.05) is 0 Å². The number of carbonyl (C=O) groups is 3. The highest BCUT2D eigenvalue weighted by atomic mass is 35.5. The molecule has 0 spiro atoms. The molecule has 1 aliphatic rings. The van der Waals surface area contributed by atoms with Crippen molar-refractivity contribution in [2.45, 2.75) is 0 Å². The summed E-state index contributed by atoms with van der Waals surface area (Å²) >= 11 is 6.62. The number of halogens is 1.